The molecule has 2 rings (SSSR count). The van der Waals surface area contributed by atoms with Gasteiger partial charge in [-0.05, 0) is 24.6 Å². The zero-order valence-corrected chi connectivity index (χ0v) is 10.5. The molecule has 6 heteroatoms. The molecule has 18 heavy (non-hydrogen) atoms. The van der Waals surface area contributed by atoms with E-state index in [-0.39, 0.29) is 12.1 Å². The highest BCUT2D eigenvalue weighted by atomic mass is 35.5. The van der Waals surface area contributed by atoms with Gasteiger partial charge in [0.1, 0.15) is 0 Å². The van der Waals surface area contributed by atoms with Crippen molar-refractivity contribution in [2.75, 3.05) is 5.73 Å². The number of halogens is 1. The van der Waals surface area contributed by atoms with Crippen molar-refractivity contribution in [3.63, 3.8) is 0 Å². The fraction of sp³-hybridized carbons (Fsp3) is 0.167. The number of hydrogen-bond donors (Lipinski definition) is 2. The second-order valence-corrected chi connectivity index (χ2v) is 4.46. The molecule has 5 nitrogen and oxygen atoms in total. The molecule has 1 heterocycles. The second kappa shape index (κ2) is 4.70. The van der Waals surface area contributed by atoms with Crippen LogP contribution >= 0.6 is 11.6 Å². The molecule has 0 amide bonds. The highest BCUT2D eigenvalue weighted by Gasteiger charge is 2.05. The molecule has 1 aromatic carbocycles. The molecular formula is C12H12ClN3O2. The van der Waals surface area contributed by atoms with Gasteiger partial charge in [-0.1, -0.05) is 17.7 Å². The molecule has 3 N–H and O–H groups in total. The maximum Gasteiger partial charge on any atom is 0.328 e. The van der Waals surface area contributed by atoms with Gasteiger partial charge < -0.3 is 5.73 Å². The van der Waals surface area contributed by atoms with Gasteiger partial charge in [0, 0.05) is 22.5 Å². The molecule has 0 saturated heterocycles. The number of aromatic amines is 1. The monoisotopic (exact) mass is 265 g/mol. The largest absolute Gasteiger partial charge is 0.399 e. The van der Waals surface area contributed by atoms with Crippen LogP contribution in [0.3, 0.4) is 0 Å². The van der Waals surface area contributed by atoms with Crippen LogP contribution in [0.2, 0.25) is 5.02 Å². The fourth-order valence-electron chi connectivity index (χ4n) is 1.61. The first kappa shape index (κ1) is 12.4. The third-order valence-corrected chi connectivity index (χ3v) is 2.96. The van der Waals surface area contributed by atoms with Crippen LogP contribution in [0.25, 0.3) is 0 Å². The number of benzene rings is 1. The van der Waals surface area contributed by atoms with E-state index in [0.29, 0.717) is 16.3 Å². The predicted octanol–water partition coefficient (Wildman–Crippen LogP) is 1.13. The summed E-state index contributed by atoms with van der Waals surface area (Å²) in [6.07, 6.45) is 1.51. The first-order chi connectivity index (χ1) is 8.47. The highest BCUT2D eigenvalue weighted by molar-refractivity contribution is 6.31. The molecule has 0 saturated carbocycles. The van der Waals surface area contributed by atoms with E-state index in [2.05, 4.69) is 4.98 Å². The molecule has 0 aliphatic rings. The van der Waals surface area contributed by atoms with Crippen molar-refractivity contribution in [1.29, 1.82) is 0 Å². The maximum atomic E-state index is 11.6. The highest BCUT2D eigenvalue weighted by Crippen LogP contribution is 2.19. The van der Waals surface area contributed by atoms with E-state index in [1.165, 1.54) is 10.8 Å². The molecule has 2 aromatic rings. The smallest absolute Gasteiger partial charge is 0.328 e. The third-order valence-electron chi connectivity index (χ3n) is 2.61. The second-order valence-electron chi connectivity index (χ2n) is 4.05. The number of aryl methyl sites for hydroxylation is 1. The van der Waals surface area contributed by atoms with Gasteiger partial charge in [-0.25, -0.2) is 4.79 Å². The summed E-state index contributed by atoms with van der Waals surface area (Å²) in [5.41, 5.74) is 6.56. The SMILES string of the molecule is Cc1cn(Cc2ccc(N)cc2Cl)c(=O)[nH]c1=O. The lowest BCUT2D eigenvalue weighted by atomic mass is 10.2. The first-order valence-corrected chi connectivity index (χ1v) is 5.69. The zero-order chi connectivity index (χ0) is 13.3. The Labute approximate surface area is 108 Å². The number of rotatable bonds is 2. The molecule has 0 aliphatic carbocycles. The number of nitrogens with one attached hydrogen (secondary N) is 1. The van der Waals surface area contributed by atoms with Gasteiger partial charge in [0.15, 0.2) is 0 Å². The van der Waals surface area contributed by atoms with Gasteiger partial charge in [0.05, 0.1) is 6.54 Å². The first-order valence-electron chi connectivity index (χ1n) is 5.31. The van der Waals surface area contributed by atoms with Gasteiger partial charge in [-0.3, -0.25) is 14.3 Å². The van der Waals surface area contributed by atoms with E-state index in [0.717, 1.165) is 5.56 Å². The molecule has 0 bridgehead atoms. The molecule has 0 aliphatic heterocycles. The van der Waals surface area contributed by atoms with Crippen LogP contribution in [0.15, 0.2) is 34.0 Å². The lowest BCUT2D eigenvalue weighted by molar-refractivity contribution is 0.714. The number of nitrogens with two attached hydrogens (primary N) is 1. The number of H-pyrrole nitrogens is 1. The van der Waals surface area contributed by atoms with E-state index < -0.39 is 5.69 Å². The van der Waals surface area contributed by atoms with Crippen LogP contribution in [0.4, 0.5) is 5.69 Å². The summed E-state index contributed by atoms with van der Waals surface area (Å²) < 4.78 is 1.40. The summed E-state index contributed by atoms with van der Waals surface area (Å²) in [5, 5.41) is 0.491. The Balaban J connectivity index is 2.43. The lowest BCUT2D eigenvalue weighted by Crippen LogP contribution is -2.31. The Hall–Kier alpha value is -2.01. The molecule has 1 aromatic heterocycles. The maximum absolute atomic E-state index is 11.6. The summed E-state index contributed by atoms with van der Waals surface area (Å²) >= 11 is 6.04. The Bertz CT molecular complexity index is 703. The van der Waals surface area contributed by atoms with Crippen molar-refractivity contribution in [3.05, 3.63) is 61.4 Å². The van der Waals surface area contributed by atoms with Crippen molar-refractivity contribution in [3.8, 4) is 0 Å². The van der Waals surface area contributed by atoms with Crippen molar-refractivity contribution >= 4 is 17.3 Å². The molecule has 0 spiro atoms. The van der Waals surface area contributed by atoms with E-state index >= 15 is 0 Å². The molecule has 0 unspecified atom stereocenters. The van der Waals surface area contributed by atoms with Gasteiger partial charge in [0.25, 0.3) is 5.56 Å². The standard InChI is InChI=1S/C12H12ClN3O2/c1-7-5-16(12(18)15-11(7)17)6-8-2-3-9(14)4-10(8)13/h2-5H,6,14H2,1H3,(H,15,17,18). The van der Waals surface area contributed by atoms with Crippen molar-refractivity contribution in [2.24, 2.45) is 0 Å². The summed E-state index contributed by atoms with van der Waals surface area (Å²) in [6.45, 7) is 1.93. The lowest BCUT2D eigenvalue weighted by Gasteiger charge is -2.08. The minimum absolute atomic E-state index is 0.287. The van der Waals surface area contributed by atoms with Crippen LogP contribution in [0.5, 0.6) is 0 Å². The Morgan fingerprint density at radius 3 is 2.78 bits per heavy atom. The van der Waals surface area contributed by atoms with Gasteiger partial charge >= 0.3 is 5.69 Å². The normalized spacial score (nSPS) is 10.6. The molecule has 0 fully saturated rings. The molecule has 0 radical (unpaired) electrons. The number of aromatic nitrogens is 2. The number of anilines is 1. The minimum Gasteiger partial charge on any atom is -0.399 e. The van der Waals surface area contributed by atoms with E-state index in [4.69, 9.17) is 17.3 Å². The summed E-state index contributed by atoms with van der Waals surface area (Å²) in [6, 6.07) is 5.09. The van der Waals surface area contributed by atoms with E-state index in [1.54, 1.807) is 25.1 Å². The summed E-state index contributed by atoms with van der Waals surface area (Å²) in [4.78, 5) is 25.1. The number of nitrogen functional groups attached to an aromatic ring is 1. The predicted molar refractivity (Wildman–Crippen MR) is 71.0 cm³/mol. The molecular weight excluding hydrogens is 254 g/mol. The van der Waals surface area contributed by atoms with Crippen molar-refractivity contribution < 1.29 is 0 Å². The average Bonchev–Trinajstić information content (AvgIpc) is 2.29. The third kappa shape index (κ3) is 2.46. The molecule has 94 valence electrons. The summed E-state index contributed by atoms with van der Waals surface area (Å²) in [7, 11) is 0. The van der Waals surface area contributed by atoms with E-state index in [1.807, 2.05) is 0 Å². The van der Waals surface area contributed by atoms with Gasteiger partial charge in [-0.2, -0.15) is 0 Å². The Kier molecular flexibility index (Phi) is 3.25. The average molecular weight is 266 g/mol. The number of hydrogen-bond acceptors (Lipinski definition) is 3. The Morgan fingerprint density at radius 2 is 2.11 bits per heavy atom. The van der Waals surface area contributed by atoms with Crippen molar-refractivity contribution in [2.45, 2.75) is 13.5 Å². The van der Waals surface area contributed by atoms with Crippen LogP contribution in [-0.2, 0) is 6.54 Å². The zero-order valence-electron chi connectivity index (χ0n) is 9.74. The van der Waals surface area contributed by atoms with E-state index in [9.17, 15) is 9.59 Å². The van der Waals surface area contributed by atoms with Gasteiger partial charge in [0.2, 0.25) is 0 Å². The number of nitrogens with zero attached hydrogens (tertiary/aromatic N) is 1. The van der Waals surface area contributed by atoms with Crippen LogP contribution in [0, 0.1) is 6.92 Å². The van der Waals surface area contributed by atoms with Gasteiger partial charge in [-0.15, -0.1) is 0 Å². The fourth-order valence-corrected chi connectivity index (χ4v) is 1.86. The van der Waals surface area contributed by atoms with Crippen molar-refractivity contribution in [1.82, 2.24) is 9.55 Å². The van der Waals surface area contributed by atoms with Crippen LogP contribution < -0.4 is 17.0 Å². The minimum atomic E-state index is -0.460. The topological polar surface area (TPSA) is 80.9 Å². The quantitative estimate of drug-likeness (QED) is 0.799. The summed E-state index contributed by atoms with van der Waals surface area (Å²) in [5.74, 6) is 0. The Morgan fingerprint density at radius 1 is 1.39 bits per heavy atom. The van der Waals surface area contributed by atoms with Crippen LogP contribution in [-0.4, -0.2) is 9.55 Å². The molecule has 0 atom stereocenters. The van der Waals surface area contributed by atoms with Crippen LogP contribution in [0.1, 0.15) is 11.1 Å².